The first-order valence-corrected chi connectivity index (χ1v) is 11.5. The van der Waals surface area contributed by atoms with E-state index in [1.807, 2.05) is 17.0 Å². The summed E-state index contributed by atoms with van der Waals surface area (Å²) in [5.74, 6) is -0.463. The number of aryl methyl sites for hydroxylation is 1. The molecule has 8 heteroatoms. The Morgan fingerprint density at radius 2 is 1.62 bits per heavy atom. The number of piperazine rings is 1. The molecule has 2 aromatic carbocycles. The zero-order chi connectivity index (χ0) is 21.0. The van der Waals surface area contributed by atoms with Crippen molar-refractivity contribution in [2.75, 3.05) is 26.2 Å². The number of nitrogens with two attached hydrogens (primary N) is 1. The number of amides is 1. The van der Waals surface area contributed by atoms with Gasteiger partial charge >= 0.3 is 0 Å². The van der Waals surface area contributed by atoms with Crippen LogP contribution in [0, 0.1) is 0 Å². The lowest BCUT2D eigenvalue weighted by Gasteiger charge is -2.37. The van der Waals surface area contributed by atoms with Gasteiger partial charge in [-0.25, -0.2) is 8.42 Å². The largest absolute Gasteiger partial charge is 0.368 e. The van der Waals surface area contributed by atoms with Crippen molar-refractivity contribution >= 4 is 27.5 Å². The molecule has 0 bridgehead atoms. The van der Waals surface area contributed by atoms with Crippen LogP contribution in [0.5, 0.6) is 0 Å². The zero-order valence-corrected chi connectivity index (χ0v) is 18.0. The predicted octanol–water partition coefficient (Wildman–Crippen LogP) is 2.83. The number of carbonyl (C=O) groups excluding carboxylic acids is 1. The summed E-state index contributed by atoms with van der Waals surface area (Å²) in [7, 11) is -3.56. The Morgan fingerprint density at radius 3 is 2.14 bits per heavy atom. The quantitative estimate of drug-likeness (QED) is 0.724. The lowest BCUT2D eigenvalue weighted by Crippen LogP contribution is -2.51. The molecule has 0 unspecified atom stereocenters. The molecule has 0 spiro atoms. The maximum absolute atomic E-state index is 13.0. The third-order valence-electron chi connectivity index (χ3n) is 5.19. The van der Waals surface area contributed by atoms with Crippen LogP contribution in [0.1, 0.15) is 30.5 Å². The van der Waals surface area contributed by atoms with Crippen molar-refractivity contribution in [3.05, 3.63) is 64.7 Å². The minimum atomic E-state index is -3.56. The van der Waals surface area contributed by atoms with E-state index in [4.69, 9.17) is 17.3 Å². The number of halogens is 1. The van der Waals surface area contributed by atoms with Crippen molar-refractivity contribution in [2.45, 2.75) is 30.7 Å². The van der Waals surface area contributed by atoms with Gasteiger partial charge in [-0.2, -0.15) is 4.31 Å². The molecule has 1 aliphatic rings. The van der Waals surface area contributed by atoms with Gasteiger partial charge < -0.3 is 5.73 Å². The summed E-state index contributed by atoms with van der Waals surface area (Å²) in [5.41, 5.74) is 7.53. The van der Waals surface area contributed by atoms with Crippen molar-refractivity contribution in [2.24, 2.45) is 5.73 Å². The molecule has 0 aliphatic carbocycles. The number of primary amides is 1. The molecule has 1 fully saturated rings. The molecule has 1 atom stereocenters. The summed E-state index contributed by atoms with van der Waals surface area (Å²) in [6, 6.07) is 13.5. The van der Waals surface area contributed by atoms with E-state index >= 15 is 0 Å². The summed E-state index contributed by atoms with van der Waals surface area (Å²) in [6.07, 6.45) is 1.95. The molecule has 1 saturated heterocycles. The zero-order valence-electron chi connectivity index (χ0n) is 16.4. The van der Waals surface area contributed by atoms with E-state index in [9.17, 15) is 13.2 Å². The van der Waals surface area contributed by atoms with Gasteiger partial charge in [-0.3, -0.25) is 9.69 Å². The standard InChI is InChI=1S/C21H26ClN3O3S/c1-2-3-16-4-10-19(11-5-16)29(27,28)25-14-12-24(13-15-25)20(21(23)26)17-6-8-18(22)9-7-17/h4-11,20H,2-3,12-15H2,1H3,(H2,23,26)/t20-/m1/s1. The number of rotatable bonds is 7. The van der Waals surface area contributed by atoms with E-state index in [1.54, 1.807) is 36.4 Å². The molecule has 1 heterocycles. The van der Waals surface area contributed by atoms with Crippen molar-refractivity contribution in [1.82, 2.24) is 9.21 Å². The molecule has 1 aliphatic heterocycles. The highest BCUT2D eigenvalue weighted by Gasteiger charge is 2.33. The average Bonchev–Trinajstić information content (AvgIpc) is 2.70. The Labute approximate surface area is 177 Å². The Morgan fingerprint density at radius 1 is 1.03 bits per heavy atom. The van der Waals surface area contributed by atoms with Gasteiger partial charge in [0.05, 0.1) is 4.90 Å². The number of nitrogens with zero attached hydrogens (tertiary/aromatic N) is 2. The predicted molar refractivity (Wildman–Crippen MR) is 114 cm³/mol. The average molecular weight is 436 g/mol. The van der Waals surface area contributed by atoms with Gasteiger partial charge in [0.15, 0.2) is 0 Å². The lowest BCUT2D eigenvalue weighted by atomic mass is 10.0. The van der Waals surface area contributed by atoms with Crippen molar-refractivity contribution in [3.8, 4) is 0 Å². The molecule has 1 amide bonds. The smallest absolute Gasteiger partial charge is 0.243 e. The number of sulfonamides is 1. The summed E-state index contributed by atoms with van der Waals surface area (Å²) in [6.45, 7) is 3.53. The lowest BCUT2D eigenvalue weighted by molar-refractivity contribution is -0.124. The summed E-state index contributed by atoms with van der Waals surface area (Å²) < 4.78 is 27.4. The summed E-state index contributed by atoms with van der Waals surface area (Å²) in [4.78, 5) is 14.3. The van der Waals surface area contributed by atoms with Crippen molar-refractivity contribution in [3.63, 3.8) is 0 Å². The number of carbonyl (C=O) groups is 1. The Kier molecular flexibility index (Phi) is 6.95. The van der Waals surface area contributed by atoms with Gasteiger partial charge in [-0.05, 0) is 41.8 Å². The SMILES string of the molecule is CCCc1ccc(S(=O)(=O)N2CCN([C@@H](C(N)=O)c3ccc(Cl)cc3)CC2)cc1. The van der Waals surface area contributed by atoms with Crippen LogP contribution >= 0.6 is 11.6 Å². The monoisotopic (exact) mass is 435 g/mol. The first-order valence-electron chi connectivity index (χ1n) is 9.71. The van der Waals surface area contributed by atoms with Gasteiger partial charge in [0.25, 0.3) is 0 Å². The van der Waals surface area contributed by atoms with E-state index < -0.39 is 22.0 Å². The molecule has 2 N–H and O–H groups in total. The third kappa shape index (κ3) is 4.98. The highest BCUT2D eigenvalue weighted by Crippen LogP contribution is 2.26. The molecular formula is C21H26ClN3O3S. The highest BCUT2D eigenvalue weighted by atomic mass is 35.5. The second-order valence-electron chi connectivity index (χ2n) is 7.19. The Hall–Kier alpha value is -1.93. The molecule has 3 rings (SSSR count). The van der Waals surface area contributed by atoms with E-state index in [0.29, 0.717) is 36.1 Å². The van der Waals surface area contributed by atoms with Gasteiger partial charge in [0, 0.05) is 31.2 Å². The summed E-state index contributed by atoms with van der Waals surface area (Å²) in [5, 5.41) is 0.581. The molecule has 0 radical (unpaired) electrons. The van der Waals surface area contributed by atoms with Gasteiger partial charge in [0.2, 0.25) is 15.9 Å². The second-order valence-corrected chi connectivity index (χ2v) is 9.56. The second kappa shape index (κ2) is 9.26. The highest BCUT2D eigenvalue weighted by molar-refractivity contribution is 7.89. The molecule has 156 valence electrons. The third-order valence-corrected chi connectivity index (χ3v) is 7.36. The summed E-state index contributed by atoms with van der Waals surface area (Å²) >= 11 is 5.93. The molecule has 2 aromatic rings. The number of hydrogen-bond acceptors (Lipinski definition) is 4. The van der Waals surface area contributed by atoms with Crippen LogP contribution in [0.4, 0.5) is 0 Å². The molecule has 29 heavy (non-hydrogen) atoms. The van der Waals surface area contributed by atoms with Gasteiger partial charge in [-0.15, -0.1) is 0 Å². The van der Waals surface area contributed by atoms with Gasteiger partial charge in [0.1, 0.15) is 6.04 Å². The fourth-order valence-electron chi connectivity index (χ4n) is 3.67. The van der Waals surface area contributed by atoms with E-state index in [0.717, 1.165) is 24.0 Å². The van der Waals surface area contributed by atoms with Crippen LogP contribution in [-0.2, 0) is 21.2 Å². The normalized spacial score (nSPS) is 17.2. The van der Waals surface area contributed by atoms with Crippen molar-refractivity contribution in [1.29, 1.82) is 0 Å². The molecule has 0 aromatic heterocycles. The first-order chi connectivity index (χ1) is 13.8. The first kappa shape index (κ1) is 21.8. The Bertz CT molecular complexity index is 938. The minimum absolute atomic E-state index is 0.301. The maximum atomic E-state index is 13.0. The van der Waals surface area contributed by atoms with Crippen LogP contribution in [0.3, 0.4) is 0 Å². The van der Waals surface area contributed by atoms with Crippen LogP contribution in [0.15, 0.2) is 53.4 Å². The van der Waals surface area contributed by atoms with Crippen LogP contribution in [-0.4, -0.2) is 49.7 Å². The minimum Gasteiger partial charge on any atom is -0.368 e. The van der Waals surface area contributed by atoms with Crippen LogP contribution < -0.4 is 5.73 Å². The van der Waals surface area contributed by atoms with Gasteiger partial charge in [-0.1, -0.05) is 49.2 Å². The number of benzene rings is 2. The van der Waals surface area contributed by atoms with E-state index in [1.165, 1.54) is 4.31 Å². The van der Waals surface area contributed by atoms with E-state index in [2.05, 4.69) is 6.92 Å². The maximum Gasteiger partial charge on any atom is 0.243 e. The van der Waals surface area contributed by atoms with E-state index in [-0.39, 0.29) is 0 Å². The molecule has 0 saturated carbocycles. The fraction of sp³-hybridized carbons (Fsp3) is 0.381. The van der Waals surface area contributed by atoms with Crippen LogP contribution in [0.2, 0.25) is 5.02 Å². The van der Waals surface area contributed by atoms with Crippen LogP contribution in [0.25, 0.3) is 0 Å². The molecular weight excluding hydrogens is 410 g/mol. The molecule has 6 nitrogen and oxygen atoms in total. The fourth-order valence-corrected chi connectivity index (χ4v) is 5.22. The van der Waals surface area contributed by atoms with Crippen molar-refractivity contribution < 1.29 is 13.2 Å². The topological polar surface area (TPSA) is 83.7 Å². The number of hydrogen-bond donors (Lipinski definition) is 1. The Balaban J connectivity index is 1.71.